The van der Waals surface area contributed by atoms with Crippen LogP contribution >= 0.6 is 0 Å². The molecule has 0 spiro atoms. The first kappa shape index (κ1) is 25.7. The Kier molecular flexibility index (Phi) is 7.07. The van der Waals surface area contributed by atoms with Crippen molar-refractivity contribution in [3.05, 3.63) is 139 Å². The molecule has 0 aliphatic carbocycles. The van der Waals surface area contributed by atoms with Gasteiger partial charge in [-0.3, -0.25) is 10.1 Å². The predicted molar refractivity (Wildman–Crippen MR) is 167 cm³/mol. The van der Waals surface area contributed by atoms with Crippen molar-refractivity contribution in [1.29, 1.82) is 0 Å². The lowest BCUT2D eigenvalue weighted by Gasteiger charge is -2.12. The van der Waals surface area contributed by atoms with Crippen molar-refractivity contribution in [3.8, 4) is 22.6 Å². The number of allylic oxidation sites excluding steroid dienone is 5. The molecule has 7 nitrogen and oxygen atoms in total. The van der Waals surface area contributed by atoms with Crippen molar-refractivity contribution >= 4 is 27.6 Å². The Bertz CT molecular complexity index is 1930. The summed E-state index contributed by atoms with van der Waals surface area (Å²) in [4.78, 5) is 17.6. The summed E-state index contributed by atoms with van der Waals surface area (Å²) in [5, 5.41) is 11.1. The molecule has 4 heterocycles. The lowest BCUT2D eigenvalue weighted by Crippen LogP contribution is -2.12. The molecule has 200 valence electrons. The minimum absolute atomic E-state index is 0.649. The summed E-state index contributed by atoms with van der Waals surface area (Å²) in [6, 6.07) is 24.2. The Hall–Kier alpha value is -5.56. The number of pyridine rings is 2. The maximum Gasteiger partial charge on any atom is 0.161 e. The highest BCUT2D eigenvalue weighted by molar-refractivity contribution is 5.96. The van der Waals surface area contributed by atoms with Gasteiger partial charge in [0.2, 0.25) is 0 Å². The van der Waals surface area contributed by atoms with Crippen molar-refractivity contribution in [2.45, 2.75) is 13.3 Å². The number of fused-ring (bicyclic) bond motifs is 2. The van der Waals surface area contributed by atoms with Crippen molar-refractivity contribution in [1.82, 2.24) is 35.5 Å². The van der Waals surface area contributed by atoms with E-state index in [1.165, 1.54) is 5.56 Å². The van der Waals surface area contributed by atoms with Gasteiger partial charge in [0.05, 0.1) is 22.2 Å². The third-order valence-corrected chi connectivity index (χ3v) is 6.84. The Morgan fingerprint density at radius 1 is 0.927 bits per heavy atom. The van der Waals surface area contributed by atoms with Gasteiger partial charge >= 0.3 is 0 Å². The first-order valence-corrected chi connectivity index (χ1v) is 13.4. The minimum Gasteiger partial charge on any atom is -0.359 e. The molecule has 0 atom stereocenters. The van der Waals surface area contributed by atoms with E-state index in [2.05, 4.69) is 50.8 Å². The second-order valence-corrected chi connectivity index (χ2v) is 9.63. The van der Waals surface area contributed by atoms with Crippen molar-refractivity contribution in [2.75, 3.05) is 0 Å². The summed E-state index contributed by atoms with van der Waals surface area (Å²) in [5.74, 6) is 0.649. The third-order valence-electron chi connectivity index (χ3n) is 6.84. The first-order valence-electron chi connectivity index (χ1n) is 13.4. The molecular weight excluding hydrogens is 506 g/mol. The third kappa shape index (κ3) is 5.33. The van der Waals surface area contributed by atoms with E-state index in [1.807, 2.05) is 85.9 Å². The number of hydrogen-bond donors (Lipinski definition) is 3. The Balaban J connectivity index is 1.32. The second kappa shape index (κ2) is 11.3. The van der Waals surface area contributed by atoms with E-state index >= 15 is 0 Å². The fourth-order valence-corrected chi connectivity index (χ4v) is 4.83. The van der Waals surface area contributed by atoms with Crippen LogP contribution in [0.4, 0.5) is 0 Å². The molecule has 6 aromatic rings. The van der Waals surface area contributed by atoms with Crippen LogP contribution in [0.5, 0.6) is 0 Å². The van der Waals surface area contributed by atoms with Crippen LogP contribution in [-0.2, 0) is 6.42 Å². The van der Waals surface area contributed by atoms with E-state index < -0.39 is 0 Å². The van der Waals surface area contributed by atoms with E-state index in [9.17, 15) is 0 Å². The van der Waals surface area contributed by atoms with Gasteiger partial charge in [-0.1, -0.05) is 67.8 Å². The molecule has 6 rings (SSSR count). The van der Waals surface area contributed by atoms with E-state index in [0.717, 1.165) is 62.3 Å². The highest BCUT2D eigenvalue weighted by Crippen LogP contribution is 2.31. The lowest BCUT2D eigenvalue weighted by atomic mass is 10.1. The highest BCUT2D eigenvalue weighted by atomic mass is 15.1. The number of hydrogen-bond acceptors (Lipinski definition) is 5. The minimum atomic E-state index is 0.649. The SMILES string of the molecule is C=C/C(=C\C(=C/C)c1ccc2[nH]nc(-c3nc4c(-c5cccnc5)cccc4[nH]3)c2n1)NC(=C)Cc1ccccc1. The monoisotopic (exact) mass is 535 g/mol. The molecular formula is C34H29N7. The van der Waals surface area contributed by atoms with Crippen LogP contribution in [0.1, 0.15) is 18.2 Å². The summed E-state index contributed by atoms with van der Waals surface area (Å²) in [6.07, 6.45) is 10.2. The fourth-order valence-electron chi connectivity index (χ4n) is 4.83. The van der Waals surface area contributed by atoms with Crippen LogP contribution < -0.4 is 5.32 Å². The van der Waals surface area contributed by atoms with Gasteiger partial charge in [-0.05, 0) is 54.5 Å². The summed E-state index contributed by atoms with van der Waals surface area (Å²) in [7, 11) is 0. The van der Waals surface area contributed by atoms with Gasteiger partial charge in [-0.2, -0.15) is 5.10 Å². The van der Waals surface area contributed by atoms with Crippen LogP contribution in [0.25, 0.3) is 50.3 Å². The van der Waals surface area contributed by atoms with Crippen LogP contribution in [-0.4, -0.2) is 30.1 Å². The van der Waals surface area contributed by atoms with E-state index in [-0.39, 0.29) is 0 Å². The standard InChI is InChI=1S/C34H29N7/c1-4-24(20-26(5-2)36-22(3)19-23-11-7-6-8-12-23)28-16-17-30-32(37-28)33(41-40-30)34-38-29-15-9-14-27(31(29)39-34)25-13-10-18-35-21-25/h4-18,20-21,36H,2-3,19H2,1H3,(H,38,39)(H,40,41)/b24-4+,26-20+. The molecule has 4 aromatic heterocycles. The summed E-state index contributed by atoms with van der Waals surface area (Å²) in [6.45, 7) is 10.2. The molecule has 0 saturated carbocycles. The van der Waals surface area contributed by atoms with Crippen LogP contribution in [0.2, 0.25) is 0 Å². The maximum atomic E-state index is 5.01. The molecule has 0 amide bonds. The zero-order chi connectivity index (χ0) is 28.2. The molecule has 0 unspecified atom stereocenters. The van der Waals surface area contributed by atoms with Gasteiger partial charge in [0.1, 0.15) is 5.52 Å². The largest absolute Gasteiger partial charge is 0.359 e. The Labute approximate surface area is 238 Å². The normalized spacial score (nSPS) is 12.1. The zero-order valence-corrected chi connectivity index (χ0v) is 22.7. The molecule has 0 radical (unpaired) electrons. The molecule has 2 aromatic carbocycles. The number of aromatic nitrogens is 6. The average molecular weight is 536 g/mol. The molecule has 7 heteroatoms. The lowest BCUT2D eigenvalue weighted by molar-refractivity contribution is 0.942. The fraction of sp³-hybridized carbons (Fsp3) is 0.0588. The molecule has 0 aliphatic heterocycles. The van der Waals surface area contributed by atoms with Gasteiger partial charge in [0, 0.05) is 41.3 Å². The number of nitrogens with zero attached hydrogens (tertiary/aromatic N) is 4. The van der Waals surface area contributed by atoms with Gasteiger partial charge in [-0.15, -0.1) is 0 Å². The number of nitrogens with one attached hydrogen (secondary N) is 3. The molecule has 0 fully saturated rings. The van der Waals surface area contributed by atoms with E-state index in [1.54, 1.807) is 12.3 Å². The van der Waals surface area contributed by atoms with Crippen LogP contribution in [0.15, 0.2) is 128 Å². The van der Waals surface area contributed by atoms with Crippen molar-refractivity contribution in [2.24, 2.45) is 0 Å². The van der Waals surface area contributed by atoms with Gasteiger partial charge in [0.25, 0.3) is 0 Å². The number of imidazole rings is 1. The summed E-state index contributed by atoms with van der Waals surface area (Å²) >= 11 is 0. The average Bonchev–Trinajstić information content (AvgIpc) is 3.64. The van der Waals surface area contributed by atoms with Crippen molar-refractivity contribution < 1.29 is 0 Å². The first-order chi connectivity index (χ1) is 20.1. The van der Waals surface area contributed by atoms with Crippen LogP contribution in [0, 0.1) is 0 Å². The molecule has 0 aliphatic rings. The van der Waals surface area contributed by atoms with Gasteiger partial charge in [-0.25, -0.2) is 9.97 Å². The topological polar surface area (TPSA) is 95.2 Å². The number of benzene rings is 2. The van der Waals surface area contributed by atoms with Gasteiger partial charge in [0.15, 0.2) is 11.5 Å². The van der Waals surface area contributed by atoms with Crippen LogP contribution in [0.3, 0.4) is 0 Å². The summed E-state index contributed by atoms with van der Waals surface area (Å²) < 4.78 is 0. The zero-order valence-electron chi connectivity index (χ0n) is 22.7. The number of para-hydroxylation sites is 1. The maximum absolute atomic E-state index is 5.01. The summed E-state index contributed by atoms with van der Waals surface area (Å²) in [5.41, 5.74) is 10.7. The molecule has 3 N–H and O–H groups in total. The van der Waals surface area contributed by atoms with E-state index in [0.29, 0.717) is 11.5 Å². The number of aromatic amines is 2. The predicted octanol–water partition coefficient (Wildman–Crippen LogP) is 7.38. The number of H-pyrrole nitrogens is 2. The van der Waals surface area contributed by atoms with Gasteiger partial charge < -0.3 is 10.3 Å². The van der Waals surface area contributed by atoms with E-state index in [4.69, 9.17) is 9.97 Å². The number of rotatable bonds is 9. The van der Waals surface area contributed by atoms with Crippen molar-refractivity contribution in [3.63, 3.8) is 0 Å². The quantitative estimate of drug-likeness (QED) is 0.168. The Morgan fingerprint density at radius 2 is 1.80 bits per heavy atom. The molecule has 0 saturated heterocycles. The highest BCUT2D eigenvalue weighted by Gasteiger charge is 2.17. The second-order valence-electron chi connectivity index (χ2n) is 9.63. The molecule has 41 heavy (non-hydrogen) atoms. The smallest absolute Gasteiger partial charge is 0.161 e. The Morgan fingerprint density at radius 3 is 2.59 bits per heavy atom. The molecule has 0 bridgehead atoms.